The lowest BCUT2D eigenvalue weighted by Crippen LogP contribution is -2.46. The molecule has 0 aromatic heterocycles. The molecule has 134 valence electrons. The van der Waals surface area contributed by atoms with E-state index in [0.29, 0.717) is 5.56 Å². The van der Waals surface area contributed by atoms with E-state index < -0.39 is 6.43 Å². The lowest BCUT2D eigenvalue weighted by atomic mass is 9.97. The van der Waals surface area contributed by atoms with Crippen molar-refractivity contribution in [3.63, 3.8) is 0 Å². The Morgan fingerprint density at radius 3 is 2.32 bits per heavy atom. The summed E-state index contributed by atoms with van der Waals surface area (Å²) in [7, 11) is 0. The highest BCUT2D eigenvalue weighted by Crippen LogP contribution is 2.40. The summed E-state index contributed by atoms with van der Waals surface area (Å²) in [5, 5.41) is 0.153. The second kappa shape index (κ2) is 7.71. The summed E-state index contributed by atoms with van der Waals surface area (Å²) in [6.45, 7) is 8.71. The molecule has 0 saturated carbocycles. The molecule has 2 aromatic carbocycles. The molecule has 0 aliphatic carbocycles. The highest BCUT2D eigenvalue weighted by atomic mass is 35.5. The van der Waals surface area contributed by atoms with Crippen molar-refractivity contribution in [2.24, 2.45) is 0 Å². The third-order valence-electron chi connectivity index (χ3n) is 4.94. The highest BCUT2D eigenvalue weighted by molar-refractivity contribution is 6.34. The number of halogens is 3. The molecule has 0 unspecified atom stereocenters. The van der Waals surface area contributed by atoms with Gasteiger partial charge in [0.1, 0.15) is 0 Å². The van der Waals surface area contributed by atoms with Gasteiger partial charge in [-0.25, -0.2) is 8.78 Å². The second-order valence-electron chi connectivity index (χ2n) is 6.43. The van der Waals surface area contributed by atoms with Crippen LogP contribution in [0.1, 0.15) is 24.5 Å². The average Bonchev–Trinajstić information content (AvgIpc) is 2.62. The third-order valence-corrected chi connectivity index (χ3v) is 5.36. The van der Waals surface area contributed by atoms with Crippen LogP contribution in [0.4, 0.5) is 14.5 Å². The van der Waals surface area contributed by atoms with Gasteiger partial charge >= 0.3 is 0 Å². The summed E-state index contributed by atoms with van der Waals surface area (Å²) in [6.07, 6.45) is -2.59. The Morgan fingerprint density at radius 2 is 1.72 bits per heavy atom. The normalized spacial score (nSPS) is 15.8. The quantitative estimate of drug-likeness (QED) is 0.717. The number of piperazine rings is 1. The number of benzene rings is 2. The van der Waals surface area contributed by atoms with Gasteiger partial charge < -0.3 is 9.80 Å². The van der Waals surface area contributed by atoms with Crippen LogP contribution in [0.15, 0.2) is 36.4 Å². The summed E-state index contributed by atoms with van der Waals surface area (Å²) in [4.78, 5) is 4.54. The molecule has 1 heterocycles. The SMILES string of the molecule is CCN1CCN(c2cc(-c3ccccc3C)c(Cl)c(C(F)F)c2)CC1. The molecule has 2 nitrogen and oxygen atoms in total. The maximum atomic E-state index is 13.6. The predicted molar refractivity (Wildman–Crippen MR) is 101 cm³/mol. The van der Waals surface area contributed by atoms with Gasteiger partial charge in [0.2, 0.25) is 0 Å². The van der Waals surface area contributed by atoms with Gasteiger partial charge in [-0.05, 0) is 36.7 Å². The van der Waals surface area contributed by atoms with Crippen LogP contribution in [0.3, 0.4) is 0 Å². The minimum absolute atomic E-state index is 0.0876. The van der Waals surface area contributed by atoms with Crippen LogP contribution < -0.4 is 4.90 Å². The third kappa shape index (κ3) is 3.80. The van der Waals surface area contributed by atoms with Crippen molar-refractivity contribution in [3.05, 3.63) is 52.5 Å². The topological polar surface area (TPSA) is 6.48 Å². The molecule has 0 atom stereocenters. The van der Waals surface area contributed by atoms with E-state index in [0.717, 1.165) is 49.5 Å². The maximum absolute atomic E-state index is 13.6. The Labute approximate surface area is 153 Å². The number of hydrogen-bond donors (Lipinski definition) is 0. The van der Waals surface area contributed by atoms with Crippen molar-refractivity contribution < 1.29 is 8.78 Å². The Hall–Kier alpha value is -1.65. The van der Waals surface area contributed by atoms with Crippen LogP contribution >= 0.6 is 11.6 Å². The van der Waals surface area contributed by atoms with Crippen molar-refractivity contribution in [2.75, 3.05) is 37.6 Å². The van der Waals surface area contributed by atoms with E-state index in [-0.39, 0.29) is 10.6 Å². The van der Waals surface area contributed by atoms with Crippen LogP contribution in [0, 0.1) is 6.92 Å². The van der Waals surface area contributed by atoms with Gasteiger partial charge in [-0.15, -0.1) is 0 Å². The number of alkyl halides is 2. The first-order valence-electron chi connectivity index (χ1n) is 8.66. The molecule has 2 aromatic rings. The molecule has 0 N–H and O–H groups in total. The summed E-state index contributed by atoms with van der Waals surface area (Å²) in [6, 6.07) is 11.3. The molecule has 1 fully saturated rings. The summed E-state index contributed by atoms with van der Waals surface area (Å²) >= 11 is 6.36. The van der Waals surface area contributed by atoms with E-state index in [9.17, 15) is 8.78 Å². The maximum Gasteiger partial charge on any atom is 0.265 e. The number of rotatable bonds is 4. The molecule has 0 spiro atoms. The summed E-state index contributed by atoms with van der Waals surface area (Å²) in [5.41, 5.74) is 3.36. The van der Waals surface area contributed by atoms with E-state index in [1.54, 1.807) is 6.07 Å². The minimum Gasteiger partial charge on any atom is -0.369 e. The van der Waals surface area contributed by atoms with Gasteiger partial charge in [0.15, 0.2) is 0 Å². The molecule has 3 rings (SSSR count). The van der Waals surface area contributed by atoms with Crippen molar-refractivity contribution in [3.8, 4) is 11.1 Å². The molecule has 5 heteroatoms. The fourth-order valence-corrected chi connectivity index (χ4v) is 3.66. The Balaban J connectivity index is 2.04. The predicted octanol–water partition coefficient (Wildman–Crippen LogP) is 5.39. The zero-order chi connectivity index (χ0) is 18.0. The van der Waals surface area contributed by atoms with E-state index in [1.165, 1.54) is 0 Å². The average molecular weight is 365 g/mol. The second-order valence-corrected chi connectivity index (χ2v) is 6.81. The zero-order valence-electron chi connectivity index (χ0n) is 14.6. The largest absolute Gasteiger partial charge is 0.369 e. The lowest BCUT2D eigenvalue weighted by molar-refractivity contribution is 0.151. The van der Waals surface area contributed by atoms with E-state index in [2.05, 4.69) is 16.7 Å². The molecular formula is C20H23ClF2N2. The van der Waals surface area contributed by atoms with E-state index >= 15 is 0 Å². The number of aryl methyl sites for hydroxylation is 1. The Bertz CT molecular complexity index is 740. The first-order chi connectivity index (χ1) is 12.0. The first-order valence-corrected chi connectivity index (χ1v) is 9.04. The molecule has 1 aliphatic rings. The van der Waals surface area contributed by atoms with Gasteiger partial charge in [0.05, 0.1) is 5.02 Å². The minimum atomic E-state index is -2.59. The van der Waals surface area contributed by atoms with Crippen LogP contribution in [0.25, 0.3) is 11.1 Å². The number of anilines is 1. The van der Waals surface area contributed by atoms with Crippen LogP contribution in [-0.4, -0.2) is 37.6 Å². The van der Waals surface area contributed by atoms with Crippen molar-refractivity contribution in [1.82, 2.24) is 4.90 Å². The monoisotopic (exact) mass is 364 g/mol. The van der Waals surface area contributed by atoms with Gasteiger partial charge in [-0.3, -0.25) is 0 Å². The molecule has 0 radical (unpaired) electrons. The highest BCUT2D eigenvalue weighted by Gasteiger charge is 2.22. The fraction of sp³-hybridized carbons (Fsp3) is 0.400. The van der Waals surface area contributed by atoms with Gasteiger partial charge in [-0.2, -0.15) is 0 Å². The summed E-state index contributed by atoms with van der Waals surface area (Å²) in [5.74, 6) is 0. The van der Waals surface area contributed by atoms with E-state index in [1.807, 2.05) is 37.3 Å². The van der Waals surface area contributed by atoms with Crippen molar-refractivity contribution in [2.45, 2.75) is 20.3 Å². The smallest absolute Gasteiger partial charge is 0.265 e. The van der Waals surface area contributed by atoms with Crippen molar-refractivity contribution >= 4 is 17.3 Å². The van der Waals surface area contributed by atoms with E-state index in [4.69, 9.17) is 11.6 Å². The van der Waals surface area contributed by atoms with Gasteiger partial charge in [0.25, 0.3) is 6.43 Å². The summed E-state index contributed by atoms with van der Waals surface area (Å²) < 4.78 is 27.2. The Morgan fingerprint density at radius 1 is 1.04 bits per heavy atom. The number of hydrogen-bond acceptors (Lipinski definition) is 2. The van der Waals surface area contributed by atoms with Gasteiger partial charge in [0, 0.05) is 43.0 Å². The lowest BCUT2D eigenvalue weighted by Gasteiger charge is -2.36. The molecule has 0 bridgehead atoms. The molecule has 1 saturated heterocycles. The first kappa shape index (κ1) is 18.2. The van der Waals surface area contributed by atoms with Gasteiger partial charge in [-0.1, -0.05) is 42.8 Å². The molecule has 0 amide bonds. The fourth-order valence-electron chi connectivity index (χ4n) is 3.37. The number of likely N-dealkylation sites (N-methyl/N-ethyl adjacent to an activating group) is 1. The van der Waals surface area contributed by atoms with Crippen LogP contribution in [0.5, 0.6) is 0 Å². The molecule has 25 heavy (non-hydrogen) atoms. The Kier molecular flexibility index (Phi) is 5.60. The van der Waals surface area contributed by atoms with Crippen LogP contribution in [0.2, 0.25) is 5.02 Å². The standard InChI is InChI=1S/C20H23ClF2N2/c1-3-24-8-10-25(11-9-24)15-12-17(16-7-5-4-6-14(16)2)19(21)18(13-15)20(22)23/h4-7,12-13,20H,3,8-11H2,1-2H3. The van der Waals surface area contributed by atoms with Crippen LogP contribution in [-0.2, 0) is 0 Å². The zero-order valence-corrected chi connectivity index (χ0v) is 15.4. The number of nitrogens with zero attached hydrogens (tertiary/aromatic N) is 2. The molecule has 1 aliphatic heterocycles. The molecular weight excluding hydrogens is 342 g/mol. The van der Waals surface area contributed by atoms with Crippen molar-refractivity contribution in [1.29, 1.82) is 0 Å².